The number of halogens is 1. The van der Waals surface area contributed by atoms with E-state index in [-0.39, 0.29) is 0 Å². The Bertz CT molecular complexity index is 245. The molecule has 0 radical (unpaired) electrons. The van der Waals surface area contributed by atoms with Gasteiger partial charge in [0, 0.05) is 30.5 Å². The smallest absolute Gasteiger partial charge is 0.209 e. The van der Waals surface area contributed by atoms with Gasteiger partial charge in [0.15, 0.2) is 0 Å². The van der Waals surface area contributed by atoms with Gasteiger partial charge in [0.1, 0.15) is 0 Å². The molecule has 2 fully saturated rings. The van der Waals surface area contributed by atoms with Gasteiger partial charge in [-0.2, -0.15) is 0 Å². The third-order valence-corrected chi connectivity index (χ3v) is 4.56. The standard InChI is InChI=1S/C11H19BrN2O/c1-11(12)7-10(11)8-13-3-2-4-14(9-15)6-5-13/h9-10H,2-8H2,1H3. The normalized spacial score (nSPS) is 37.5. The highest BCUT2D eigenvalue weighted by molar-refractivity contribution is 9.10. The number of rotatable bonds is 3. The summed E-state index contributed by atoms with van der Waals surface area (Å²) >= 11 is 3.73. The van der Waals surface area contributed by atoms with Crippen molar-refractivity contribution in [3.8, 4) is 0 Å². The van der Waals surface area contributed by atoms with Crippen molar-refractivity contribution in [2.75, 3.05) is 32.7 Å². The highest BCUT2D eigenvalue weighted by Crippen LogP contribution is 2.50. The number of nitrogens with zero attached hydrogens (tertiary/aromatic N) is 2. The summed E-state index contributed by atoms with van der Waals surface area (Å²) in [6, 6.07) is 0. The molecule has 3 nitrogen and oxygen atoms in total. The Hall–Kier alpha value is -0.0900. The largest absolute Gasteiger partial charge is 0.344 e. The van der Waals surface area contributed by atoms with Gasteiger partial charge in [-0.05, 0) is 32.2 Å². The fraction of sp³-hybridized carbons (Fsp3) is 0.909. The molecule has 1 saturated heterocycles. The Balaban J connectivity index is 1.77. The molecule has 2 rings (SSSR count). The summed E-state index contributed by atoms with van der Waals surface area (Å²) in [6.45, 7) is 7.47. The molecular weight excluding hydrogens is 256 g/mol. The summed E-state index contributed by atoms with van der Waals surface area (Å²) in [5.74, 6) is 0.806. The quantitative estimate of drug-likeness (QED) is 0.573. The van der Waals surface area contributed by atoms with Crippen LogP contribution in [-0.4, -0.2) is 53.3 Å². The van der Waals surface area contributed by atoms with Crippen molar-refractivity contribution in [1.82, 2.24) is 9.80 Å². The van der Waals surface area contributed by atoms with E-state index in [0.29, 0.717) is 4.32 Å². The second-order valence-corrected chi connectivity index (χ2v) is 6.79. The molecule has 1 aliphatic carbocycles. The second kappa shape index (κ2) is 4.42. The summed E-state index contributed by atoms with van der Waals surface area (Å²) in [5.41, 5.74) is 0. The zero-order chi connectivity index (χ0) is 10.9. The maximum atomic E-state index is 10.7. The zero-order valence-corrected chi connectivity index (χ0v) is 10.9. The molecule has 1 saturated carbocycles. The van der Waals surface area contributed by atoms with E-state index in [9.17, 15) is 4.79 Å². The lowest BCUT2D eigenvalue weighted by atomic mass is 10.3. The number of carbonyl (C=O) groups is 1. The molecule has 1 heterocycles. The van der Waals surface area contributed by atoms with Crippen molar-refractivity contribution in [1.29, 1.82) is 0 Å². The van der Waals surface area contributed by atoms with Crippen molar-refractivity contribution in [3.63, 3.8) is 0 Å². The van der Waals surface area contributed by atoms with E-state index in [2.05, 4.69) is 27.8 Å². The molecule has 0 aromatic carbocycles. The zero-order valence-electron chi connectivity index (χ0n) is 9.29. The molecule has 0 N–H and O–H groups in total. The molecule has 2 aliphatic rings. The first kappa shape index (κ1) is 11.4. The Morgan fingerprint density at radius 1 is 1.40 bits per heavy atom. The van der Waals surface area contributed by atoms with Gasteiger partial charge in [-0.3, -0.25) is 4.79 Å². The van der Waals surface area contributed by atoms with Gasteiger partial charge in [-0.15, -0.1) is 0 Å². The van der Waals surface area contributed by atoms with E-state index < -0.39 is 0 Å². The average molecular weight is 275 g/mol. The molecular formula is C11H19BrN2O. The van der Waals surface area contributed by atoms with E-state index in [0.717, 1.165) is 44.9 Å². The highest BCUT2D eigenvalue weighted by Gasteiger charge is 2.48. The van der Waals surface area contributed by atoms with Crippen molar-refractivity contribution in [2.24, 2.45) is 5.92 Å². The Morgan fingerprint density at radius 3 is 2.73 bits per heavy atom. The molecule has 2 unspecified atom stereocenters. The summed E-state index contributed by atoms with van der Waals surface area (Å²) in [6.07, 6.45) is 3.39. The van der Waals surface area contributed by atoms with Crippen LogP contribution in [0.2, 0.25) is 0 Å². The predicted octanol–water partition coefficient (Wildman–Crippen LogP) is 1.32. The number of alkyl halides is 1. The van der Waals surface area contributed by atoms with Gasteiger partial charge < -0.3 is 9.80 Å². The lowest BCUT2D eigenvalue weighted by Crippen LogP contribution is -2.32. The van der Waals surface area contributed by atoms with Crippen LogP contribution in [0.3, 0.4) is 0 Å². The van der Waals surface area contributed by atoms with Crippen molar-refractivity contribution >= 4 is 22.3 Å². The molecule has 2 atom stereocenters. The average Bonchev–Trinajstić information content (AvgIpc) is 2.85. The fourth-order valence-corrected chi connectivity index (χ4v) is 2.80. The molecule has 0 aromatic heterocycles. The lowest BCUT2D eigenvalue weighted by Gasteiger charge is -2.20. The molecule has 4 heteroatoms. The number of amides is 1. The van der Waals surface area contributed by atoms with Gasteiger partial charge >= 0.3 is 0 Å². The first-order valence-electron chi connectivity index (χ1n) is 5.72. The summed E-state index contributed by atoms with van der Waals surface area (Å²) < 4.78 is 0.393. The topological polar surface area (TPSA) is 23.6 Å². The van der Waals surface area contributed by atoms with E-state index in [1.807, 2.05) is 4.90 Å². The van der Waals surface area contributed by atoms with E-state index in [1.54, 1.807) is 0 Å². The van der Waals surface area contributed by atoms with Gasteiger partial charge in [-0.1, -0.05) is 15.9 Å². The van der Waals surface area contributed by atoms with Gasteiger partial charge in [0.2, 0.25) is 6.41 Å². The molecule has 1 aliphatic heterocycles. The highest BCUT2D eigenvalue weighted by atomic mass is 79.9. The van der Waals surface area contributed by atoms with E-state index >= 15 is 0 Å². The third-order valence-electron chi connectivity index (χ3n) is 3.59. The SMILES string of the molecule is CC1(Br)CC1CN1CCCN(C=O)CC1. The molecule has 0 bridgehead atoms. The van der Waals surface area contributed by atoms with Crippen LogP contribution in [-0.2, 0) is 4.79 Å². The minimum absolute atomic E-state index is 0.393. The third kappa shape index (κ3) is 2.94. The van der Waals surface area contributed by atoms with Crippen molar-refractivity contribution < 1.29 is 4.79 Å². The van der Waals surface area contributed by atoms with Crippen LogP contribution < -0.4 is 0 Å². The number of carbonyl (C=O) groups excluding carboxylic acids is 1. The minimum atomic E-state index is 0.393. The van der Waals surface area contributed by atoms with Crippen molar-refractivity contribution in [2.45, 2.75) is 24.1 Å². The summed E-state index contributed by atoms with van der Waals surface area (Å²) in [7, 11) is 0. The van der Waals surface area contributed by atoms with E-state index in [4.69, 9.17) is 0 Å². The van der Waals surface area contributed by atoms with Crippen LogP contribution in [0.25, 0.3) is 0 Å². The van der Waals surface area contributed by atoms with E-state index in [1.165, 1.54) is 13.0 Å². The molecule has 15 heavy (non-hydrogen) atoms. The van der Waals surface area contributed by atoms with Crippen LogP contribution in [0.15, 0.2) is 0 Å². The molecule has 0 aromatic rings. The maximum absolute atomic E-state index is 10.7. The van der Waals surface area contributed by atoms with Crippen molar-refractivity contribution in [3.05, 3.63) is 0 Å². The molecule has 86 valence electrons. The predicted molar refractivity (Wildman–Crippen MR) is 64.1 cm³/mol. The Morgan fingerprint density at radius 2 is 2.13 bits per heavy atom. The van der Waals surface area contributed by atoms with Gasteiger partial charge in [0.05, 0.1) is 0 Å². The maximum Gasteiger partial charge on any atom is 0.209 e. The number of hydrogen-bond acceptors (Lipinski definition) is 2. The van der Waals surface area contributed by atoms with Crippen LogP contribution in [0.1, 0.15) is 19.8 Å². The molecule has 0 spiro atoms. The number of hydrogen-bond donors (Lipinski definition) is 0. The minimum Gasteiger partial charge on any atom is -0.344 e. The lowest BCUT2D eigenvalue weighted by molar-refractivity contribution is -0.118. The van der Waals surface area contributed by atoms with Crippen LogP contribution >= 0.6 is 15.9 Å². The van der Waals surface area contributed by atoms with Crippen LogP contribution in [0.4, 0.5) is 0 Å². The summed E-state index contributed by atoms with van der Waals surface area (Å²) in [5, 5.41) is 0. The van der Waals surface area contributed by atoms with Gasteiger partial charge in [-0.25, -0.2) is 0 Å². The fourth-order valence-electron chi connectivity index (χ4n) is 2.27. The monoisotopic (exact) mass is 274 g/mol. The first-order valence-corrected chi connectivity index (χ1v) is 6.52. The Labute approximate surface area is 99.9 Å². The second-order valence-electron chi connectivity index (χ2n) is 4.97. The molecule has 1 amide bonds. The van der Waals surface area contributed by atoms with Crippen LogP contribution in [0.5, 0.6) is 0 Å². The van der Waals surface area contributed by atoms with Crippen LogP contribution in [0, 0.1) is 5.92 Å². The summed E-state index contributed by atoms with van der Waals surface area (Å²) in [4.78, 5) is 15.0. The first-order chi connectivity index (χ1) is 7.12. The Kier molecular flexibility index (Phi) is 3.36. The van der Waals surface area contributed by atoms with Gasteiger partial charge in [0.25, 0.3) is 0 Å².